The summed E-state index contributed by atoms with van der Waals surface area (Å²) in [6.45, 7) is 1.95. The van der Waals surface area contributed by atoms with Crippen molar-refractivity contribution >= 4 is 34.7 Å². The molecular formula is C24H18ClNO3. The molecule has 0 saturated carbocycles. The molecule has 1 fully saturated rings. The van der Waals surface area contributed by atoms with Gasteiger partial charge in [-0.1, -0.05) is 71.8 Å². The fraction of sp³-hybridized carbons (Fsp3) is 0.0833. The molecule has 1 heterocycles. The molecule has 4 rings (SSSR count). The van der Waals surface area contributed by atoms with Crippen LogP contribution in [0.5, 0.6) is 0 Å². The molecule has 1 N–H and O–H groups in total. The van der Waals surface area contributed by atoms with Gasteiger partial charge in [0, 0.05) is 16.3 Å². The Morgan fingerprint density at radius 3 is 2.14 bits per heavy atom. The van der Waals surface area contributed by atoms with Crippen molar-refractivity contribution in [2.75, 3.05) is 4.90 Å². The molecular weight excluding hydrogens is 386 g/mol. The van der Waals surface area contributed by atoms with Gasteiger partial charge >= 0.3 is 0 Å². The molecule has 144 valence electrons. The molecule has 1 saturated heterocycles. The zero-order valence-corrected chi connectivity index (χ0v) is 16.4. The van der Waals surface area contributed by atoms with Gasteiger partial charge < -0.3 is 5.11 Å². The summed E-state index contributed by atoms with van der Waals surface area (Å²) in [5.74, 6) is -1.59. The number of hydrogen-bond acceptors (Lipinski definition) is 3. The van der Waals surface area contributed by atoms with Gasteiger partial charge in [-0.3, -0.25) is 14.5 Å². The van der Waals surface area contributed by atoms with Gasteiger partial charge in [0.15, 0.2) is 0 Å². The molecule has 0 aliphatic carbocycles. The van der Waals surface area contributed by atoms with Gasteiger partial charge in [-0.2, -0.15) is 0 Å². The van der Waals surface area contributed by atoms with E-state index in [2.05, 4.69) is 0 Å². The first-order valence-electron chi connectivity index (χ1n) is 9.16. The van der Waals surface area contributed by atoms with Crippen LogP contribution in [0, 0.1) is 6.92 Å². The van der Waals surface area contributed by atoms with Crippen LogP contribution in [0.25, 0.3) is 5.76 Å². The molecule has 0 spiro atoms. The Morgan fingerprint density at radius 2 is 1.52 bits per heavy atom. The lowest BCUT2D eigenvalue weighted by molar-refractivity contribution is -0.132. The van der Waals surface area contributed by atoms with Gasteiger partial charge in [-0.25, -0.2) is 0 Å². The van der Waals surface area contributed by atoms with Gasteiger partial charge in [-0.05, 0) is 36.8 Å². The van der Waals surface area contributed by atoms with E-state index in [1.807, 2.05) is 25.1 Å². The number of halogens is 1. The largest absolute Gasteiger partial charge is 0.507 e. The fourth-order valence-corrected chi connectivity index (χ4v) is 3.64. The zero-order valence-electron chi connectivity index (χ0n) is 15.7. The average molecular weight is 404 g/mol. The molecule has 1 atom stereocenters. The predicted octanol–water partition coefficient (Wildman–Crippen LogP) is 5.27. The number of Topliss-reactive ketones (excluding diaryl/α,β-unsaturated/α-hetero) is 1. The number of aliphatic hydroxyl groups is 1. The lowest BCUT2D eigenvalue weighted by Crippen LogP contribution is -2.29. The van der Waals surface area contributed by atoms with Crippen molar-refractivity contribution in [3.8, 4) is 0 Å². The Labute approximate surface area is 173 Å². The van der Waals surface area contributed by atoms with Gasteiger partial charge in [0.1, 0.15) is 5.76 Å². The molecule has 3 aromatic carbocycles. The van der Waals surface area contributed by atoms with E-state index >= 15 is 0 Å². The van der Waals surface area contributed by atoms with Crippen molar-refractivity contribution in [2.24, 2.45) is 0 Å². The van der Waals surface area contributed by atoms with Crippen LogP contribution in [-0.4, -0.2) is 16.8 Å². The highest BCUT2D eigenvalue weighted by molar-refractivity contribution is 6.51. The third kappa shape index (κ3) is 3.43. The maximum atomic E-state index is 13.0. The summed E-state index contributed by atoms with van der Waals surface area (Å²) in [6.07, 6.45) is 0. The van der Waals surface area contributed by atoms with E-state index < -0.39 is 17.7 Å². The Kier molecular flexibility index (Phi) is 4.95. The predicted molar refractivity (Wildman–Crippen MR) is 114 cm³/mol. The van der Waals surface area contributed by atoms with E-state index in [9.17, 15) is 14.7 Å². The Hall–Kier alpha value is -3.37. The lowest BCUT2D eigenvalue weighted by atomic mass is 9.95. The van der Waals surface area contributed by atoms with Crippen LogP contribution in [0.3, 0.4) is 0 Å². The second kappa shape index (κ2) is 7.57. The van der Waals surface area contributed by atoms with Gasteiger partial charge in [0.2, 0.25) is 0 Å². The van der Waals surface area contributed by atoms with Crippen molar-refractivity contribution in [3.63, 3.8) is 0 Å². The van der Waals surface area contributed by atoms with Crippen LogP contribution in [-0.2, 0) is 9.59 Å². The van der Waals surface area contributed by atoms with E-state index in [-0.39, 0.29) is 11.3 Å². The molecule has 1 aliphatic rings. The van der Waals surface area contributed by atoms with E-state index in [0.29, 0.717) is 21.8 Å². The first-order chi connectivity index (χ1) is 14.0. The summed E-state index contributed by atoms with van der Waals surface area (Å²) in [6, 6.07) is 22.3. The number of anilines is 1. The number of hydrogen-bond donors (Lipinski definition) is 1. The first kappa shape index (κ1) is 19.0. The van der Waals surface area contributed by atoms with Crippen LogP contribution in [0.1, 0.15) is 22.7 Å². The summed E-state index contributed by atoms with van der Waals surface area (Å²) in [7, 11) is 0. The average Bonchev–Trinajstić information content (AvgIpc) is 3.00. The topological polar surface area (TPSA) is 57.6 Å². The Bertz CT molecular complexity index is 1100. The molecule has 0 bridgehead atoms. The molecule has 5 heteroatoms. The van der Waals surface area contributed by atoms with Gasteiger partial charge in [0.25, 0.3) is 11.7 Å². The van der Waals surface area contributed by atoms with Crippen molar-refractivity contribution in [3.05, 3.63) is 106 Å². The van der Waals surface area contributed by atoms with E-state index in [4.69, 9.17) is 11.6 Å². The summed E-state index contributed by atoms with van der Waals surface area (Å²) in [5.41, 5.74) is 2.85. The molecule has 29 heavy (non-hydrogen) atoms. The van der Waals surface area contributed by atoms with E-state index in [1.54, 1.807) is 60.7 Å². The minimum Gasteiger partial charge on any atom is -0.507 e. The minimum atomic E-state index is -0.754. The molecule has 1 unspecified atom stereocenters. The smallest absolute Gasteiger partial charge is 0.300 e. The normalized spacial score (nSPS) is 18.3. The molecule has 0 aromatic heterocycles. The zero-order chi connectivity index (χ0) is 20.5. The number of aliphatic hydroxyl groups excluding tert-OH is 1. The highest BCUT2D eigenvalue weighted by Crippen LogP contribution is 2.42. The summed E-state index contributed by atoms with van der Waals surface area (Å²) >= 11 is 6.03. The van der Waals surface area contributed by atoms with Crippen LogP contribution in [0.4, 0.5) is 5.69 Å². The highest BCUT2D eigenvalue weighted by atomic mass is 35.5. The van der Waals surface area contributed by atoms with Crippen LogP contribution in [0.15, 0.2) is 84.4 Å². The highest BCUT2D eigenvalue weighted by Gasteiger charge is 2.46. The number of amides is 1. The van der Waals surface area contributed by atoms with Crippen molar-refractivity contribution in [2.45, 2.75) is 13.0 Å². The Morgan fingerprint density at radius 1 is 0.897 bits per heavy atom. The van der Waals surface area contributed by atoms with Crippen LogP contribution >= 0.6 is 11.6 Å². The standard InChI is InChI=1S/C24H18ClNO3/c1-15-7-13-19(14-8-15)26-21(16-9-11-18(25)12-10-16)20(23(28)24(26)29)22(27)17-5-3-2-4-6-17/h2-14,21,27H,1H3. The molecule has 1 amide bonds. The van der Waals surface area contributed by atoms with Crippen LogP contribution in [0.2, 0.25) is 5.02 Å². The number of aryl methyl sites for hydroxylation is 1. The fourth-order valence-electron chi connectivity index (χ4n) is 3.52. The van der Waals surface area contributed by atoms with E-state index in [1.165, 1.54) is 4.90 Å². The molecule has 4 nitrogen and oxygen atoms in total. The second-order valence-electron chi connectivity index (χ2n) is 6.92. The second-order valence-corrected chi connectivity index (χ2v) is 7.36. The number of ketones is 1. The van der Waals surface area contributed by atoms with Gasteiger partial charge in [-0.15, -0.1) is 0 Å². The number of rotatable bonds is 3. The number of benzene rings is 3. The maximum absolute atomic E-state index is 13.0. The summed E-state index contributed by atoms with van der Waals surface area (Å²) < 4.78 is 0. The molecule has 3 aromatic rings. The van der Waals surface area contributed by atoms with Gasteiger partial charge in [0.05, 0.1) is 11.6 Å². The SMILES string of the molecule is Cc1ccc(N2C(=O)C(=O)C(=C(O)c3ccccc3)C2c2ccc(Cl)cc2)cc1. The third-order valence-electron chi connectivity index (χ3n) is 4.99. The quantitative estimate of drug-likeness (QED) is 0.368. The number of carbonyl (C=O) groups is 2. The number of carbonyl (C=O) groups excluding carboxylic acids is 2. The lowest BCUT2D eigenvalue weighted by Gasteiger charge is -2.25. The van der Waals surface area contributed by atoms with Crippen molar-refractivity contribution in [1.29, 1.82) is 0 Å². The van der Waals surface area contributed by atoms with Crippen molar-refractivity contribution < 1.29 is 14.7 Å². The summed E-state index contributed by atoms with van der Waals surface area (Å²) in [4.78, 5) is 27.4. The number of nitrogens with zero attached hydrogens (tertiary/aromatic N) is 1. The summed E-state index contributed by atoms with van der Waals surface area (Å²) in [5, 5.41) is 11.5. The molecule has 0 radical (unpaired) electrons. The monoisotopic (exact) mass is 403 g/mol. The van der Waals surface area contributed by atoms with E-state index in [0.717, 1.165) is 5.56 Å². The minimum absolute atomic E-state index is 0.0593. The third-order valence-corrected chi connectivity index (χ3v) is 5.24. The maximum Gasteiger partial charge on any atom is 0.300 e. The first-order valence-corrected chi connectivity index (χ1v) is 9.53. The molecule has 1 aliphatic heterocycles. The van der Waals surface area contributed by atoms with Crippen molar-refractivity contribution in [1.82, 2.24) is 0 Å². The van der Waals surface area contributed by atoms with Crippen LogP contribution < -0.4 is 4.90 Å². The Balaban J connectivity index is 1.94.